The molecular weight excluding hydrogens is 238 g/mol. The van der Waals surface area contributed by atoms with Crippen molar-refractivity contribution in [2.24, 2.45) is 5.92 Å². The molecule has 0 spiro atoms. The number of pyridine rings is 1. The lowest BCUT2D eigenvalue weighted by Gasteiger charge is -2.12. The van der Waals surface area contributed by atoms with Crippen molar-refractivity contribution in [2.45, 2.75) is 13.3 Å². The van der Waals surface area contributed by atoms with Gasteiger partial charge in [-0.25, -0.2) is 13.4 Å². The molecule has 1 unspecified atom stereocenters. The van der Waals surface area contributed by atoms with E-state index in [1.54, 1.807) is 6.07 Å². The predicted molar refractivity (Wildman–Crippen MR) is 68.6 cm³/mol. The standard InChI is InChI=1S/C11H17N3O2S/c1-8-2-3-10(12)11(14-8)13-6-9-4-5-17(15,16)7-9/h2-3,9H,4-7,12H2,1H3,(H,13,14). The molecule has 1 atom stereocenters. The highest BCUT2D eigenvalue weighted by molar-refractivity contribution is 7.91. The Kier molecular flexibility index (Phi) is 3.24. The van der Waals surface area contributed by atoms with Gasteiger partial charge < -0.3 is 11.1 Å². The molecule has 2 rings (SSSR count). The second kappa shape index (κ2) is 4.52. The summed E-state index contributed by atoms with van der Waals surface area (Å²) in [4.78, 5) is 4.28. The number of nitrogens with one attached hydrogen (secondary N) is 1. The van der Waals surface area contributed by atoms with Crippen LogP contribution in [0, 0.1) is 12.8 Å². The van der Waals surface area contributed by atoms with Gasteiger partial charge in [0.2, 0.25) is 0 Å². The number of hydrogen-bond acceptors (Lipinski definition) is 5. The number of aromatic nitrogens is 1. The Morgan fingerprint density at radius 1 is 1.53 bits per heavy atom. The predicted octanol–water partition coefficient (Wildman–Crippen LogP) is 0.819. The van der Waals surface area contributed by atoms with Gasteiger partial charge in [-0.15, -0.1) is 0 Å². The van der Waals surface area contributed by atoms with Crippen LogP contribution < -0.4 is 11.1 Å². The zero-order chi connectivity index (χ0) is 12.5. The molecule has 1 aromatic rings. The third kappa shape index (κ3) is 3.09. The fourth-order valence-electron chi connectivity index (χ4n) is 1.98. The number of anilines is 2. The van der Waals surface area contributed by atoms with Crippen molar-refractivity contribution in [3.63, 3.8) is 0 Å². The quantitative estimate of drug-likeness (QED) is 0.835. The lowest BCUT2D eigenvalue weighted by atomic mass is 10.1. The zero-order valence-corrected chi connectivity index (χ0v) is 10.6. The monoisotopic (exact) mass is 255 g/mol. The summed E-state index contributed by atoms with van der Waals surface area (Å²) in [7, 11) is -2.81. The van der Waals surface area contributed by atoms with E-state index in [1.807, 2.05) is 13.0 Å². The van der Waals surface area contributed by atoms with Gasteiger partial charge in [0, 0.05) is 12.2 Å². The summed E-state index contributed by atoms with van der Waals surface area (Å²) in [5, 5.41) is 3.13. The molecule has 94 valence electrons. The van der Waals surface area contributed by atoms with E-state index >= 15 is 0 Å². The lowest BCUT2D eigenvalue weighted by molar-refractivity contribution is 0.595. The normalized spacial score (nSPS) is 22.5. The second-order valence-corrected chi connectivity index (χ2v) is 6.77. The molecule has 0 radical (unpaired) electrons. The van der Waals surface area contributed by atoms with Crippen LogP contribution in [0.3, 0.4) is 0 Å². The molecule has 6 heteroatoms. The van der Waals surface area contributed by atoms with Crippen LogP contribution in [0.5, 0.6) is 0 Å². The van der Waals surface area contributed by atoms with Gasteiger partial charge in [0.15, 0.2) is 9.84 Å². The first-order valence-electron chi connectivity index (χ1n) is 5.64. The van der Waals surface area contributed by atoms with Crippen LogP contribution in [0.25, 0.3) is 0 Å². The van der Waals surface area contributed by atoms with E-state index in [4.69, 9.17) is 5.73 Å². The minimum Gasteiger partial charge on any atom is -0.396 e. The van der Waals surface area contributed by atoms with Gasteiger partial charge in [-0.1, -0.05) is 0 Å². The molecule has 17 heavy (non-hydrogen) atoms. The van der Waals surface area contributed by atoms with E-state index in [2.05, 4.69) is 10.3 Å². The van der Waals surface area contributed by atoms with E-state index in [1.165, 1.54) is 0 Å². The first-order chi connectivity index (χ1) is 7.96. The smallest absolute Gasteiger partial charge is 0.150 e. The molecule has 3 N–H and O–H groups in total. The van der Waals surface area contributed by atoms with Crippen molar-refractivity contribution in [1.29, 1.82) is 0 Å². The van der Waals surface area contributed by atoms with Gasteiger partial charge in [0.05, 0.1) is 17.2 Å². The molecule has 1 fully saturated rings. The maximum absolute atomic E-state index is 11.3. The highest BCUT2D eigenvalue weighted by Gasteiger charge is 2.27. The molecule has 1 saturated heterocycles. The molecule has 0 bridgehead atoms. The molecule has 0 saturated carbocycles. The van der Waals surface area contributed by atoms with Gasteiger partial charge in [-0.3, -0.25) is 0 Å². The van der Waals surface area contributed by atoms with E-state index in [-0.39, 0.29) is 11.7 Å². The summed E-state index contributed by atoms with van der Waals surface area (Å²) in [6.07, 6.45) is 0.723. The third-order valence-electron chi connectivity index (χ3n) is 2.95. The molecule has 0 aromatic carbocycles. The number of hydrogen-bond donors (Lipinski definition) is 2. The number of sulfone groups is 1. The Morgan fingerprint density at radius 3 is 2.94 bits per heavy atom. The van der Waals surface area contributed by atoms with E-state index < -0.39 is 9.84 Å². The fraction of sp³-hybridized carbons (Fsp3) is 0.545. The number of rotatable bonds is 3. The molecule has 5 nitrogen and oxygen atoms in total. The van der Waals surface area contributed by atoms with E-state index in [0.717, 1.165) is 12.1 Å². The second-order valence-electron chi connectivity index (χ2n) is 4.54. The highest BCUT2D eigenvalue weighted by Crippen LogP contribution is 2.21. The number of nitrogens with zero attached hydrogens (tertiary/aromatic N) is 1. The van der Waals surface area contributed by atoms with Gasteiger partial charge >= 0.3 is 0 Å². The van der Waals surface area contributed by atoms with Crippen molar-refractivity contribution >= 4 is 21.3 Å². The molecule has 1 aliphatic heterocycles. The largest absolute Gasteiger partial charge is 0.396 e. The maximum Gasteiger partial charge on any atom is 0.150 e. The minimum atomic E-state index is -2.81. The van der Waals surface area contributed by atoms with Gasteiger partial charge in [0.1, 0.15) is 5.82 Å². The topological polar surface area (TPSA) is 85.1 Å². The number of nitrogen functional groups attached to an aromatic ring is 1. The summed E-state index contributed by atoms with van der Waals surface area (Å²) < 4.78 is 22.6. The van der Waals surface area contributed by atoms with E-state index in [0.29, 0.717) is 23.8 Å². The maximum atomic E-state index is 11.3. The van der Waals surface area contributed by atoms with Gasteiger partial charge in [-0.05, 0) is 31.4 Å². The number of aryl methyl sites for hydroxylation is 1. The first-order valence-corrected chi connectivity index (χ1v) is 7.46. The zero-order valence-electron chi connectivity index (χ0n) is 9.81. The van der Waals surface area contributed by atoms with Crippen LogP contribution >= 0.6 is 0 Å². The first kappa shape index (κ1) is 12.2. The summed E-state index contributed by atoms with van der Waals surface area (Å²) in [6, 6.07) is 3.65. The fourth-order valence-corrected chi connectivity index (χ4v) is 3.84. The molecule has 1 aliphatic rings. The SMILES string of the molecule is Cc1ccc(N)c(NCC2CCS(=O)(=O)C2)n1. The average Bonchev–Trinajstić information content (AvgIpc) is 2.60. The van der Waals surface area contributed by atoms with E-state index in [9.17, 15) is 8.42 Å². The summed E-state index contributed by atoms with van der Waals surface area (Å²) >= 11 is 0. The Labute approximate surface area is 101 Å². The van der Waals surface area contributed by atoms with Crippen LogP contribution in [-0.4, -0.2) is 31.5 Å². The van der Waals surface area contributed by atoms with Crippen LogP contribution in [0.4, 0.5) is 11.5 Å². The minimum absolute atomic E-state index is 0.168. The van der Waals surface area contributed by atoms with Crippen molar-refractivity contribution in [3.8, 4) is 0 Å². The molecule has 1 aromatic heterocycles. The van der Waals surface area contributed by atoms with Gasteiger partial charge in [-0.2, -0.15) is 0 Å². The van der Waals surface area contributed by atoms with Crippen LogP contribution in [-0.2, 0) is 9.84 Å². The van der Waals surface area contributed by atoms with Crippen LogP contribution in [0.2, 0.25) is 0 Å². The molecule has 0 amide bonds. The summed E-state index contributed by atoms with van der Waals surface area (Å²) in [5.74, 6) is 1.39. The number of nitrogens with two attached hydrogens (primary N) is 1. The highest BCUT2D eigenvalue weighted by atomic mass is 32.2. The Morgan fingerprint density at radius 2 is 2.29 bits per heavy atom. The van der Waals surface area contributed by atoms with Crippen molar-refractivity contribution in [3.05, 3.63) is 17.8 Å². The third-order valence-corrected chi connectivity index (χ3v) is 4.79. The average molecular weight is 255 g/mol. The lowest BCUT2D eigenvalue weighted by Crippen LogP contribution is -2.17. The summed E-state index contributed by atoms with van der Waals surface area (Å²) in [6.45, 7) is 2.50. The van der Waals surface area contributed by atoms with Crippen molar-refractivity contribution in [2.75, 3.05) is 29.1 Å². The Hall–Kier alpha value is -1.30. The summed E-state index contributed by atoms with van der Waals surface area (Å²) in [5.41, 5.74) is 7.27. The van der Waals surface area contributed by atoms with Crippen LogP contribution in [0.1, 0.15) is 12.1 Å². The molecule has 0 aliphatic carbocycles. The molecular formula is C11H17N3O2S. The van der Waals surface area contributed by atoms with Crippen LogP contribution in [0.15, 0.2) is 12.1 Å². The molecule has 2 heterocycles. The van der Waals surface area contributed by atoms with Crippen molar-refractivity contribution < 1.29 is 8.42 Å². The van der Waals surface area contributed by atoms with Gasteiger partial charge in [0.25, 0.3) is 0 Å². The Balaban J connectivity index is 1.97. The Bertz CT molecular complexity index is 513. The van der Waals surface area contributed by atoms with Crippen molar-refractivity contribution in [1.82, 2.24) is 4.98 Å².